The lowest BCUT2D eigenvalue weighted by Gasteiger charge is -2.28. The summed E-state index contributed by atoms with van der Waals surface area (Å²) >= 11 is 11.7. The summed E-state index contributed by atoms with van der Waals surface area (Å²) < 4.78 is 46.8. The third kappa shape index (κ3) is 2.96. The van der Waals surface area contributed by atoms with Crippen molar-refractivity contribution >= 4 is 34.9 Å². The fraction of sp³-hybridized carbons (Fsp3) is 0.167. The van der Waals surface area contributed by atoms with Crippen LogP contribution in [0.25, 0.3) is 5.70 Å². The van der Waals surface area contributed by atoms with Gasteiger partial charge in [-0.05, 0) is 30.3 Å². The molecule has 4 rings (SSSR count). The Morgan fingerprint density at radius 2 is 1.78 bits per heavy atom. The number of halogens is 5. The van der Waals surface area contributed by atoms with Gasteiger partial charge < -0.3 is 4.74 Å². The van der Waals surface area contributed by atoms with E-state index in [2.05, 4.69) is 5.48 Å². The predicted octanol–water partition coefficient (Wildman–Crippen LogP) is 5.00. The maximum Gasteiger partial charge on any atom is 0.428 e. The van der Waals surface area contributed by atoms with Crippen molar-refractivity contribution in [3.05, 3.63) is 74.8 Å². The minimum atomic E-state index is -4.80. The largest absolute Gasteiger partial charge is 0.457 e. The van der Waals surface area contributed by atoms with Crippen LogP contribution in [0.4, 0.5) is 13.2 Å². The molecule has 9 heteroatoms. The fourth-order valence-corrected chi connectivity index (χ4v) is 3.56. The van der Waals surface area contributed by atoms with Crippen LogP contribution in [0.2, 0.25) is 10.0 Å². The van der Waals surface area contributed by atoms with E-state index in [-0.39, 0.29) is 27.9 Å². The summed E-state index contributed by atoms with van der Waals surface area (Å²) in [6.45, 7) is 0.144. The quantitative estimate of drug-likeness (QED) is 0.701. The van der Waals surface area contributed by atoms with Crippen molar-refractivity contribution in [2.45, 2.75) is 18.4 Å². The van der Waals surface area contributed by atoms with Crippen molar-refractivity contribution in [2.24, 2.45) is 0 Å². The number of nitrogens with one attached hydrogen (secondary N) is 1. The molecule has 0 spiro atoms. The van der Waals surface area contributed by atoms with Crippen LogP contribution in [-0.2, 0) is 21.8 Å². The van der Waals surface area contributed by atoms with E-state index < -0.39 is 17.7 Å². The van der Waals surface area contributed by atoms with Gasteiger partial charge in [0.15, 0.2) is 0 Å². The molecule has 0 saturated carbocycles. The molecule has 0 radical (unpaired) electrons. The van der Waals surface area contributed by atoms with E-state index >= 15 is 0 Å². The molecule has 2 aromatic rings. The van der Waals surface area contributed by atoms with E-state index in [4.69, 9.17) is 32.8 Å². The number of cyclic esters (lactones) is 1. The molecule has 1 unspecified atom stereocenters. The Balaban J connectivity index is 1.83. The Labute approximate surface area is 161 Å². The first-order valence-corrected chi connectivity index (χ1v) is 8.46. The first kappa shape index (κ1) is 18.2. The number of hydroxylamine groups is 1. The second-order valence-electron chi connectivity index (χ2n) is 6.10. The van der Waals surface area contributed by atoms with Crippen LogP contribution in [0.15, 0.2) is 42.5 Å². The highest BCUT2D eigenvalue weighted by Crippen LogP contribution is 2.48. The Kier molecular flexibility index (Phi) is 4.14. The second kappa shape index (κ2) is 6.15. The number of benzene rings is 2. The maximum atomic E-state index is 14.0. The topological polar surface area (TPSA) is 47.6 Å². The van der Waals surface area contributed by atoms with Gasteiger partial charge in [0, 0.05) is 26.7 Å². The molecular formula is C18H10Cl2F3NO3. The smallest absolute Gasteiger partial charge is 0.428 e. The van der Waals surface area contributed by atoms with Gasteiger partial charge in [-0.1, -0.05) is 35.3 Å². The molecule has 27 heavy (non-hydrogen) atoms. The number of alkyl halides is 3. The van der Waals surface area contributed by atoms with E-state index in [0.717, 1.165) is 18.2 Å². The lowest BCUT2D eigenvalue weighted by atomic mass is 9.91. The lowest BCUT2D eigenvalue weighted by Crippen LogP contribution is -2.42. The summed E-state index contributed by atoms with van der Waals surface area (Å²) in [5.41, 5.74) is 0.666. The monoisotopic (exact) mass is 415 g/mol. The standard InChI is InChI=1S/C18H10Cl2F3NO3/c19-12-4-11(5-13(20)6-12)17(18(21,22)23)7-15(24-27-17)9-1-2-10-8-26-16(25)14(10)3-9/h1-7,24H,8H2. The molecule has 0 aromatic heterocycles. The molecule has 140 valence electrons. The lowest BCUT2D eigenvalue weighted by molar-refractivity contribution is -0.269. The zero-order valence-corrected chi connectivity index (χ0v) is 14.9. The van der Waals surface area contributed by atoms with Gasteiger partial charge in [-0.15, -0.1) is 0 Å². The van der Waals surface area contributed by atoms with Crippen LogP contribution >= 0.6 is 23.2 Å². The zero-order valence-electron chi connectivity index (χ0n) is 13.4. The summed E-state index contributed by atoms with van der Waals surface area (Å²) in [7, 11) is 0. The Morgan fingerprint density at radius 3 is 2.44 bits per heavy atom. The van der Waals surface area contributed by atoms with E-state index in [9.17, 15) is 18.0 Å². The molecule has 0 amide bonds. The number of fused-ring (bicyclic) bond motifs is 1. The van der Waals surface area contributed by atoms with Gasteiger partial charge in [-0.25, -0.2) is 4.79 Å². The van der Waals surface area contributed by atoms with Crippen LogP contribution in [-0.4, -0.2) is 12.1 Å². The number of carbonyl (C=O) groups excluding carboxylic acids is 1. The average Bonchev–Trinajstić information content (AvgIpc) is 3.19. The van der Waals surface area contributed by atoms with Crippen LogP contribution in [0.1, 0.15) is 27.0 Å². The Hall–Kier alpha value is -2.22. The van der Waals surface area contributed by atoms with Gasteiger partial charge in [-0.3, -0.25) is 10.3 Å². The number of hydrogen-bond acceptors (Lipinski definition) is 4. The fourth-order valence-electron chi connectivity index (χ4n) is 3.03. The van der Waals surface area contributed by atoms with Gasteiger partial charge >= 0.3 is 12.1 Å². The van der Waals surface area contributed by atoms with Gasteiger partial charge in [0.1, 0.15) is 6.61 Å². The first-order chi connectivity index (χ1) is 12.7. The van der Waals surface area contributed by atoms with Crippen LogP contribution in [0, 0.1) is 0 Å². The number of ether oxygens (including phenoxy) is 1. The molecule has 0 fully saturated rings. The highest BCUT2D eigenvalue weighted by molar-refractivity contribution is 6.34. The van der Waals surface area contributed by atoms with Crippen molar-refractivity contribution in [3.63, 3.8) is 0 Å². The minimum absolute atomic E-state index is 0.0480. The molecule has 2 aliphatic rings. The summed E-state index contributed by atoms with van der Waals surface area (Å²) in [6.07, 6.45) is -3.90. The highest BCUT2D eigenvalue weighted by Gasteiger charge is 2.59. The molecule has 1 N–H and O–H groups in total. The SMILES string of the molecule is O=C1OCc2ccc(C3=CC(c4cc(Cl)cc(Cl)c4)(C(F)(F)F)ON3)cc21. The number of hydrogen-bond donors (Lipinski definition) is 1. The van der Waals surface area contributed by atoms with Gasteiger partial charge in [0.05, 0.1) is 11.3 Å². The van der Waals surface area contributed by atoms with E-state index in [1.165, 1.54) is 12.1 Å². The average molecular weight is 416 g/mol. The second-order valence-corrected chi connectivity index (χ2v) is 6.97. The summed E-state index contributed by atoms with van der Waals surface area (Å²) in [5.74, 6) is -0.518. The molecular weight excluding hydrogens is 406 g/mol. The van der Waals surface area contributed by atoms with Crippen molar-refractivity contribution in [3.8, 4) is 0 Å². The molecule has 2 aliphatic heterocycles. The summed E-state index contributed by atoms with van der Waals surface area (Å²) in [6, 6.07) is 8.28. The molecule has 0 aliphatic carbocycles. The number of rotatable bonds is 2. The number of carbonyl (C=O) groups is 1. The van der Waals surface area contributed by atoms with E-state index in [0.29, 0.717) is 16.7 Å². The van der Waals surface area contributed by atoms with Gasteiger partial charge in [0.2, 0.25) is 5.60 Å². The predicted molar refractivity (Wildman–Crippen MR) is 92.0 cm³/mol. The van der Waals surface area contributed by atoms with E-state index in [1.807, 2.05) is 0 Å². The van der Waals surface area contributed by atoms with Crippen LogP contribution in [0.3, 0.4) is 0 Å². The minimum Gasteiger partial charge on any atom is -0.457 e. The third-order valence-electron chi connectivity index (χ3n) is 4.38. The molecule has 2 heterocycles. The van der Waals surface area contributed by atoms with E-state index in [1.54, 1.807) is 12.1 Å². The van der Waals surface area contributed by atoms with Crippen molar-refractivity contribution in [1.29, 1.82) is 0 Å². The van der Waals surface area contributed by atoms with Crippen molar-refractivity contribution < 1.29 is 27.5 Å². The summed E-state index contributed by atoms with van der Waals surface area (Å²) in [4.78, 5) is 16.7. The van der Waals surface area contributed by atoms with Crippen LogP contribution in [0.5, 0.6) is 0 Å². The maximum absolute atomic E-state index is 14.0. The van der Waals surface area contributed by atoms with Crippen molar-refractivity contribution in [1.82, 2.24) is 5.48 Å². The van der Waals surface area contributed by atoms with Crippen LogP contribution < -0.4 is 5.48 Å². The molecule has 0 bridgehead atoms. The zero-order chi connectivity index (χ0) is 19.4. The molecule has 4 nitrogen and oxygen atoms in total. The van der Waals surface area contributed by atoms with Crippen molar-refractivity contribution in [2.75, 3.05) is 0 Å². The Bertz CT molecular complexity index is 970. The third-order valence-corrected chi connectivity index (χ3v) is 4.82. The normalized spacial score (nSPS) is 21.5. The number of esters is 1. The Morgan fingerprint density at radius 1 is 1.07 bits per heavy atom. The molecule has 1 atom stereocenters. The summed E-state index contributed by atoms with van der Waals surface area (Å²) in [5, 5.41) is 0.0960. The molecule has 0 saturated heterocycles. The van der Waals surface area contributed by atoms with Gasteiger partial charge in [0.25, 0.3) is 0 Å². The highest BCUT2D eigenvalue weighted by atomic mass is 35.5. The first-order valence-electron chi connectivity index (χ1n) is 7.70. The molecule has 2 aromatic carbocycles. The van der Waals surface area contributed by atoms with Gasteiger partial charge in [-0.2, -0.15) is 13.2 Å².